The number of aryl methyl sites for hydroxylation is 1. The molecule has 0 radical (unpaired) electrons. The number of rotatable bonds is 12. The van der Waals surface area contributed by atoms with Crippen molar-refractivity contribution in [3.05, 3.63) is 119 Å². The minimum Gasteiger partial charge on any atom is -0.496 e. The zero-order chi connectivity index (χ0) is 31.1. The molecule has 0 saturated heterocycles. The fraction of sp³-hybridized carbons (Fsp3) is 0.278. The number of nitrogens with one attached hydrogen (secondary N) is 1. The molecular weight excluding hydrogens is 552 g/mol. The van der Waals surface area contributed by atoms with Crippen LogP contribution < -0.4 is 15.7 Å². The summed E-state index contributed by atoms with van der Waals surface area (Å²) in [5, 5.41) is 3.39. The van der Waals surface area contributed by atoms with E-state index in [-0.39, 0.29) is 6.61 Å². The quantitative estimate of drug-likeness (QED) is 0.174. The van der Waals surface area contributed by atoms with E-state index in [1.807, 2.05) is 85.8 Å². The third kappa shape index (κ3) is 6.20. The van der Waals surface area contributed by atoms with Gasteiger partial charge in [-0.25, -0.2) is 14.4 Å². The number of carbonyl (C=O) groups is 1. The second-order valence-electron chi connectivity index (χ2n) is 10.7. The maximum Gasteiger partial charge on any atom is 0.355 e. The monoisotopic (exact) mass is 590 g/mol. The van der Waals surface area contributed by atoms with Crippen molar-refractivity contribution in [1.29, 1.82) is 0 Å². The zero-order valence-corrected chi connectivity index (χ0v) is 25.5. The van der Waals surface area contributed by atoms with Gasteiger partial charge >= 0.3 is 11.7 Å². The molecule has 4 aromatic rings. The first-order valence-electron chi connectivity index (χ1n) is 15.1. The third-order valence-electron chi connectivity index (χ3n) is 7.74. The molecule has 3 aromatic carbocycles. The lowest BCUT2D eigenvalue weighted by atomic mass is 9.76. The number of aliphatic imine (C=N–C) groups is 1. The fourth-order valence-corrected chi connectivity index (χ4v) is 5.63. The molecule has 8 nitrogen and oxygen atoms in total. The Morgan fingerprint density at radius 1 is 1.02 bits per heavy atom. The number of hydrogen-bond acceptors (Lipinski definition) is 7. The summed E-state index contributed by atoms with van der Waals surface area (Å²) in [6.45, 7) is 8.38. The average Bonchev–Trinajstić information content (AvgIpc) is 3.06. The first-order valence-corrected chi connectivity index (χ1v) is 15.1. The van der Waals surface area contributed by atoms with Gasteiger partial charge in [-0.1, -0.05) is 81.4 Å². The summed E-state index contributed by atoms with van der Waals surface area (Å²) in [7, 11) is 1.65. The molecule has 44 heavy (non-hydrogen) atoms. The van der Waals surface area contributed by atoms with Crippen molar-refractivity contribution >= 4 is 29.0 Å². The zero-order valence-electron chi connectivity index (χ0n) is 25.5. The number of nitrogens with zero attached hydrogens (tertiary/aromatic N) is 3. The number of para-hydroxylation sites is 1. The Morgan fingerprint density at radius 2 is 1.75 bits per heavy atom. The highest BCUT2D eigenvalue weighted by Crippen LogP contribution is 2.46. The molecule has 226 valence electrons. The summed E-state index contributed by atoms with van der Waals surface area (Å²) in [5.41, 5.74) is 3.81. The largest absolute Gasteiger partial charge is 0.496 e. The summed E-state index contributed by atoms with van der Waals surface area (Å²) in [6.07, 6.45) is 5.28. The number of aromatic nitrogens is 2. The summed E-state index contributed by atoms with van der Waals surface area (Å²) in [5.74, 6) is -0.331. The van der Waals surface area contributed by atoms with Gasteiger partial charge in [0.15, 0.2) is 0 Å². The van der Waals surface area contributed by atoms with Crippen molar-refractivity contribution in [3.8, 4) is 11.4 Å². The number of benzene rings is 3. The van der Waals surface area contributed by atoms with Crippen LogP contribution in [0.3, 0.4) is 0 Å². The van der Waals surface area contributed by atoms with Gasteiger partial charge in [0, 0.05) is 23.2 Å². The molecule has 8 heteroatoms. The Labute approximate surface area is 258 Å². The van der Waals surface area contributed by atoms with Gasteiger partial charge < -0.3 is 14.8 Å². The molecule has 0 amide bonds. The molecule has 0 saturated carbocycles. The lowest BCUT2D eigenvalue weighted by molar-refractivity contribution is -0.146. The summed E-state index contributed by atoms with van der Waals surface area (Å²) < 4.78 is 12.9. The standard InChI is InChI=1S/C36H38N4O4/c1-5-8-15-24-20-21-26(23-29(24)43-4)37-33-32-30(25-16-11-9-12-17-25)31(35(41)44-22-6-2)28(7-3)38-34(32)40(36(42)39-33)27-18-13-10-14-19-27/h7,9-14,16-21,23,30-31H,3,5-6,8,15,22H2,1-2,4H3,(H,37,39,42). The summed E-state index contributed by atoms with van der Waals surface area (Å²) in [6, 6.07) is 24.9. The Kier molecular flexibility index (Phi) is 9.69. The van der Waals surface area contributed by atoms with Crippen LogP contribution in [0.2, 0.25) is 0 Å². The predicted molar refractivity (Wildman–Crippen MR) is 175 cm³/mol. The number of fused-ring (bicyclic) bond motifs is 1. The van der Waals surface area contributed by atoms with Crippen molar-refractivity contribution in [3.63, 3.8) is 0 Å². The van der Waals surface area contributed by atoms with Crippen LogP contribution in [0.5, 0.6) is 5.75 Å². The van der Waals surface area contributed by atoms with Gasteiger partial charge in [0.1, 0.15) is 23.3 Å². The molecule has 2 atom stereocenters. The number of anilines is 2. The molecule has 0 bridgehead atoms. The van der Waals surface area contributed by atoms with Gasteiger partial charge in [0.05, 0.1) is 25.1 Å². The second kappa shape index (κ2) is 14.0. The van der Waals surface area contributed by atoms with Crippen LogP contribution in [0.1, 0.15) is 55.7 Å². The number of unbranched alkanes of at least 4 members (excludes halogenated alkanes) is 1. The molecule has 0 aliphatic carbocycles. The molecule has 2 heterocycles. The number of esters is 1. The molecule has 1 aliphatic rings. The molecule has 1 N–H and O–H groups in total. The number of ether oxygens (including phenoxy) is 2. The van der Waals surface area contributed by atoms with Crippen LogP contribution in [0.4, 0.5) is 17.3 Å². The maximum atomic E-state index is 13.8. The van der Waals surface area contributed by atoms with Crippen molar-refractivity contribution in [2.75, 3.05) is 19.0 Å². The van der Waals surface area contributed by atoms with E-state index in [0.717, 1.165) is 36.1 Å². The predicted octanol–water partition coefficient (Wildman–Crippen LogP) is 7.30. The van der Waals surface area contributed by atoms with Crippen LogP contribution in [-0.4, -0.2) is 34.9 Å². The third-order valence-corrected chi connectivity index (χ3v) is 7.74. The number of hydrogen-bond donors (Lipinski definition) is 1. The van der Waals surface area contributed by atoms with Crippen molar-refractivity contribution in [1.82, 2.24) is 9.55 Å². The second-order valence-corrected chi connectivity index (χ2v) is 10.7. The Morgan fingerprint density at radius 3 is 2.41 bits per heavy atom. The van der Waals surface area contributed by atoms with E-state index >= 15 is 0 Å². The van der Waals surface area contributed by atoms with E-state index in [4.69, 9.17) is 14.5 Å². The highest BCUT2D eigenvalue weighted by molar-refractivity contribution is 6.12. The van der Waals surface area contributed by atoms with Crippen LogP contribution >= 0.6 is 0 Å². The number of allylic oxidation sites excluding steroid dienone is 1. The summed E-state index contributed by atoms with van der Waals surface area (Å²) in [4.78, 5) is 37.0. The summed E-state index contributed by atoms with van der Waals surface area (Å²) >= 11 is 0. The van der Waals surface area contributed by atoms with Crippen LogP contribution in [-0.2, 0) is 16.0 Å². The smallest absolute Gasteiger partial charge is 0.355 e. The lowest BCUT2D eigenvalue weighted by Crippen LogP contribution is -2.37. The Balaban J connectivity index is 1.77. The minimum atomic E-state index is -0.802. The van der Waals surface area contributed by atoms with E-state index in [1.54, 1.807) is 13.2 Å². The van der Waals surface area contributed by atoms with Gasteiger partial charge in [-0.15, -0.1) is 0 Å². The number of methoxy groups -OCH3 is 1. The highest BCUT2D eigenvalue weighted by atomic mass is 16.5. The molecule has 0 spiro atoms. The molecule has 1 aromatic heterocycles. The van der Waals surface area contributed by atoms with Crippen molar-refractivity contribution in [2.24, 2.45) is 10.9 Å². The van der Waals surface area contributed by atoms with Crippen LogP contribution in [0.15, 0.2) is 101 Å². The lowest BCUT2D eigenvalue weighted by Gasteiger charge is -2.33. The molecule has 5 rings (SSSR count). The topological polar surface area (TPSA) is 94.8 Å². The molecular formula is C36H38N4O4. The molecule has 1 aliphatic heterocycles. The molecule has 0 fully saturated rings. The van der Waals surface area contributed by atoms with Gasteiger partial charge in [-0.3, -0.25) is 4.79 Å². The average molecular weight is 591 g/mol. The van der Waals surface area contributed by atoms with E-state index in [0.29, 0.717) is 40.7 Å². The van der Waals surface area contributed by atoms with E-state index < -0.39 is 23.5 Å². The normalized spacial score (nSPS) is 15.6. The SMILES string of the molecule is C=CC1=Nc2c(c(Nc3ccc(CCCC)c(OC)c3)nc(=O)n2-c2ccccc2)C(c2ccccc2)C1C(=O)OCCC. The van der Waals surface area contributed by atoms with Gasteiger partial charge in [-0.2, -0.15) is 4.98 Å². The van der Waals surface area contributed by atoms with Crippen molar-refractivity contribution < 1.29 is 14.3 Å². The van der Waals surface area contributed by atoms with Gasteiger partial charge in [0.25, 0.3) is 0 Å². The first-order chi connectivity index (χ1) is 21.5. The maximum absolute atomic E-state index is 13.8. The molecule has 2 unspecified atom stereocenters. The van der Waals surface area contributed by atoms with Crippen LogP contribution in [0.25, 0.3) is 5.69 Å². The fourth-order valence-electron chi connectivity index (χ4n) is 5.63. The van der Waals surface area contributed by atoms with Gasteiger partial charge in [0.2, 0.25) is 0 Å². The Bertz CT molecular complexity index is 1710. The van der Waals surface area contributed by atoms with E-state index in [2.05, 4.69) is 23.8 Å². The van der Waals surface area contributed by atoms with Crippen LogP contribution in [0, 0.1) is 5.92 Å². The first kappa shape index (κ1) is 30.5. The minimum absolute atomic E-state index is 0.283. The Hall–Kier alpha value is -4.98. The van der Waals surface area contributed by atoms with Crippen molar-refractivity contribution in [2.45, 2.75) is 45.4 Å². The van der Waals surface area contributed by atoms with E-state index in [9.17, 15) is 9.59 Å². The number of carbonyl (C=O) groups excluding carboxylic acids is 1. The van der Waals surface area contributed by atoms with Gasteiger partial charge in [-0.05, 0) is 54.7 Å². The highest BCUT2D eigenvalue weighted by Gasteiger charge is 2.42. The van der Waals surface area contributed by atoms with E-state index in [1.165, 1.54) is 4.57 Å².